The minimum atomic E-state index is 0.804. The van der Waals surface area contributed by atoms with Crippen LogP contribution >= 0.6 is 0 Å². The Morgan fingerprint density at radius 2 is 1.50 bits per heavy atom. The van der Waals surface area contributed by atoms with Crippen LogP contribution in [0.1, 0.15) is 52.4 Å². The number of hydrogen-bond acceptors (Lipinski definition) is 3. The predicted molar refractivity (Wildman–Crippen MR) is 87.2 cm³/mol. The largest absolute Gasteiger partial charge is 0.313 e. The van der Waals surface area contributed by atoms with E-state index in [0.29, 0.717) is 0 Å². The lowest BCUT2D eigenvalue weighted by molar-refractivity contribution is 0.122. The highest BCUT2D eigenvalue weighted by Gasteiger charge is 2.17. The van der Waals surface area contributed by atoms with E-state index in [4.69, 9.17) is 0 Å². The van der Waals surface area contributed by atoms with Crippen molar-refractivity contribution in [2.24, 2.45) is 5.92 Å². The number of nitrogens with zero attached hydrogens (tertiary/aromatic N) is 2. The first-order chi connectivity index (χ1) is 9.74. The highest BCUT2D eigenvalue weighted by atomic mass is 15.3. The molecule has 0 amide bonds. The third-order valence-electron chi connectivity index (χ3n) is 4.80. The van der Waals surface area contributed by atoms with Crippen molar-refractivity contribution in [1.29, 1.82) is 0 Å². The molecular formula is C17H35N3. The molecule has 0 spiro atoms. The predicted octanol–water partition coefficient (Wildman–Crippen LogP) is 2.57. The molecule has 118 valence electrons. The van der Waals surface area contributed by atoms with Crippen LogP contribution in [0.4, 0.5) is 0 Å². The molecule has 0 radical (unpaired) electrons. The summed E-state index contributed by atoms with van der Waals surface area (Å²) in [7, 11) is 0. The molecule has 3 nitrogen and oxygen atoms in total. The molecule has 0 atom stereocenters. The van der Waals surface area contributed by atoms with E-state index in [0.717, 1.165) is 12.0 Å². The second kappa shape index (κ2) is 9.01. The molecule has 0 unspecified atom stereocenters. The zero-order valence-corrected chi connectivity index (χ0v) is 13.7. The Labute approximate surface area is 126 Å². The van der Waals surface area contributed by atoms with Crippen molar-refractivity contribution in [2.45, 2.75) is 58.4 Å². The fourth-order valence-electron chi connectivity index (χ4n) is 3.62. The molecule has 2 aliphatic rings. The zero-order valence-electron chi connectivity index (χ0n) is 13.7. The van der Waals surface area contributed by atoms with E-state index in [2.05, 4.69) is 29.0 Å². The third-order valence-corrected chi connectivity index (χ3v) is 4.80. The van der Waals surface area contributed by atoms with Crippen LogP contribution in [0.3, 0.4) is 0 Å². The summed E-state index contributed by atoms with van der Waals surface area (Å²) in [6.07, 6.45) is 8.59. The van der Waals surface area contributed by atoms with Gasteiger partial charge in [-0.2, -0.15) is 0 Å². The van der Waals surface area contributed by atoms with E-state index < -0.39 is 0 Å². The van der Waals surface area contributed by atoms with Crippen molar-refractivity contribution in [3.63, 3.8) is 0 Å². The van der Waals surface area contributed by atoms with Gasteiger partial charge in [-0.25, -0.2) is 0 Å². The number of piperazine rings is 1. The molecule has 2 rings (SSSR count). The summed E-state index contributed by atoms with van der Waals surface area (Å²) in [5.41, 5.74) is 0. The van der Waals surface area contributed by atoms with Crippen molar-refractivity contribution < 1.29 is 0 Å². The lowest BCUT2D eigenvalue weighted by atomic mass is 10.1. The highest BCUT2D eigenvalue weighted by Crippen LogP contribution is 2.17. The maximum atomic E-state index is 3.80. The Balaban J connectivity index is 1.54. The van der Waals surface area contributed by atoms with Crippen LogP contribution in [0.25, 0.3) is 0 Å². The fraction of sp³-hybridized carbons (Fsp3) is 1.00. The highest BCUT2D eigenvalue weighted by molar-refractivity contribution is 4.75. The molecule has 0 aromatic carbocycles. The molecule has 1 aliphatic heterocycles. The maximum absolute atomic E-state index is 3.80. The molecule has 1 heterocycles. The van der Waals surface area contributed by atoms with Crippen molar-refractivity contribution in [1.82, 2.24) is 15.1 Å². The molecule has 2 fully saturated rings. The molecule has 1 N–H and O–H groups in total. The summed E-state index contributed by atoms with van der Waals surface area (Å²) in [4.78, 5) is 5.26. The monoisotopic (exact) mass is 281 g/mol. The molecule has 1 saturated heterocycles. The smallest absolute Gasteiger partial charge is 0.0110 e. The topological polar surface area (TPSA) is 18.5 Å². The Kier molecular flexibility index (Phi) is 7.32. The van der Waals surface area contributed by atoms with Crippen LogP contribution in [0.15, 0.2) is 0 Å². The van der Waals surface area contributed by atoms with E-state index in [1.807, 2.05) is 0 Å². The van der Waals surface area contributed by atoms with Gasteiger partial charge in [0.2, 0.25) is 0 Å². The van der Waals surface area contributed by atoms with Crippen LogP contribution in [-0.2, 0) is 0 Å². The Morgan fingerprint density at radius 1 is 0.900 bits per heavy atom. The molecule has 1 aliphatic carbocycles. The van der Waals surface area contributed by atoms with Gasteiger partial charge in [0.1, 0.15) is 0 Å². The van der Waals surface area contributed by atoms with Crippen LogP contribution in [0.2, 0.25) is 0 Å². The normalized spacial score (nSPS) is 24.1. The molecule has 20 heavy (non-hydrogen) atoms. The quantitative estimate of drug-likeness (QED) is 0.755. The average molecular weight is 281 g/mol. The second-order valence-electron chi connectivity index (χ2n) is 7.18. The van der Waals surface area contributed by atoms with Crippen molar-refractivity contribution in [3.05, 3.63) is 0 Å². The summed E-state index contributed by atoms with van der Waals surface area (Å²) in [5, 5.41) is 3.80. The molecule has 0 aromatic rings. The number of nitrogens with one attached hydrogen (secondary N) is 1. The Hall–Kier alpha value is -0.120. The maximum Gasteiger partial charge on any atom is 0.0110 e. The van der Waals surface area contributed by atoms with E-state index in [1.165, 1.54) is 84.3 Å². The van der Waals surface area contributed by atoms with Gasteiger partial charge in [0.05, 0.1) is 0 Å². The molecule has 0 bridgehead atoms. The first kappa shape index (κ1) is 16.3. The van der Waals surface area contributed by atoms with E-state index in [1.54, 1.807) is 0 Å². The SMILES string of the molecule is CC(C)CN1CCN(CCNC2CCCCCC2)CC1. The average Bonchev–Trinajstić information content (AvgIpc) is 2.69. The van der Waals surface area contributed by atoms with Crippen molar-refractivity contribution >= 4 is 0 Å². The first-order valence-corrected chi connectivity index (χ1v) is 8.92. The van der Waals surface area contributed by atoms with Gasteiger partial charge in [0.25, 0.3) is 0 Å². The minimum Gasteiger partial charge on any atom is -0.313 e. The van der Waals surface area contributed by atoms with Gasteiger partial charge >= 0.3 is 0 Å². The van der Waals surface area contributed by atoms with Gasteiger partial charge in [-0.1, -0.05) is 39.5 Å². The minimum absolute atomic E-state index is 0.804. The fourth-order valence-corrected chi connectivity index (χ4v) is 3.62. The van der Waals surface area contributed by atoms with Crippen LogP contribution in [-0.4, -0.2) is 61.7 Å². The molecule has 1 saturated carbocycles. The summed E-state index contributed by atoms with van der Waals surface area (Å²) in [6.45, 7) is 13.4. The van der Waals surface area contributed by atoms with Crippen LogP contribution in [0, 0.1) is 5.92 Å². The van der Waals surface area contributed by atoms with E-state index in [-0.39, 0.29) is 0 Å². The van der Waals surface area contributed by atoms with Gasteiger partial charge in [-0.3, -0.25) is 4.90 Å². The summed E-state index contributed by atoms with van der Waals surface area (Å²) in [6, 6.07) is 0.805. The van der Waals surface area contributed by atoms with Gasteiger partial charge in [-0.05, 0) is 18.8 Å². The third kappa shape index (κ3) is 6.11. The standard InChI is InChI=1S/C17H35N3/c1-16(2)15-20-13-11-19(12-14-20)10-9-18-17-7-5-3-4-6-8-17/h16-18H,3-15H2,1-2H3. The van der Waals surface area contributed by atoms with Crippen molar-refractivity contribution in [2.75, 3.05) is 45.8 Å². The Bertz CT molecular complexity index is 239. The van der Waals surface area contributed by atoms with Gasteiger partial charge < -0.3 is 10.2 Å². The lowest BCUT2D eigenvalue weighted by Gasteiger charge is -2.35. The molecule has 3 heteroatoms. The number of hydrogen-bond donors (Lipinski definition) is 1. The molecule has 0 aromatic heterocycles. The molecular weight excluding hydrogens is 246 g/mol. The van der Waals surface area contributed by atoms with Gasteiger partial charge in [0, 0.05) is 51.9 Å². The van der Waals surface area contributed by atoms with Crippen molar-refractivity contribution in [3.8, 4) is 0 Å². The zero-order chi connectivity index (χ0) is 14.2. The van der Waals surface area contributed by atoms with Gasteiger partial charge in [0.15, 0.2) is 0 Å². The number of rotatable bonds is 6. The summed E-state index contributed by atoms with van der Waals surface area (Å²) < 4.78 is 0. The first-order valence-electron chi connectivity index (χ1n) is 8.92. The second-order valence-corrected chi connectivity index (χ2v) is 7.18. The van der Waals surface area contributed by atoms with Crippen LogP contribution in [0.5, 0.6) is 0 Å². The van der Waals surface area contributed by atoms with Gasteiger partial charge in [-0.15, -0.1) is 0 Å². The summed E-state index contributed by atoms with van der Waals surface area (Å²) in [5.74, 6) is 0.804. The lowest BCUT2D eigenvalue weighted by Crippen LogP contribution is -2.49. The van der Waals surface area contributed by atoms with Crippen LogP contribution < -0.4 is 5.32 Å². The van der Waals surface area contributed by atoms with E-state index >= 15 is 0 Å². The van der Waals surface area contributed by atoms with E-state index in [9.17, 15) is 0 Å². The summed E-state index contributed by atoms with van der Waals surface area (Å²) >= 11 is 0. The Morgan fingerprint density at radius 3 is 2.10 bits per heavy atom.